The summed E-state index contributed by atoms with van der Waals surface area (Å²) in [6.07, 6.45) is -31.6. The largest absolute Gasteiger partial charge is 0.417 e. The highest BCUT2D eigenvalue weighted by atomic mass is 19.4. The fourth-order valence-electron chi connectivity index (χ4n) is 7.10. The summed E-state index contributed by atoms with van der Waals surface area (Å²) in [7, 11) is 0. The van der Waals surface area contributed by atoms with Crippen molar-refractivity contribution in [2.45, 2.75) is 37.1 Å². The van der Waals surface area contributed by atoms with Crippen molar-refractivity contribution in [3.63, 3.8) is 0 Å². The molecule has 0 amide bonds. The fourth-order valence-corrected chi connectivity index (χ4v) is 7.10. The molecule has 0 saturated carbocycles. The van der Waals surface area contributed by atoms with Crippen LogP contribution in [0.4, 0.5) is 79.0 Å². The Labute approximate surface area is 359 Å². The number of benzene rings is 5. The Morgan fingerprint density at radius 2 is 0.530 bits per heavy atom. The van der Waals surface area contributed by atoms with Crippen LogP contribution in [0.2, 0.25) is 0 Å². The third-order valence-electron chi connectivity index (χ3n) is 10.0. The van der Waals surface area contributed by atoms with Crippen LogP contribution in [-0.4, -0.2) is 9.97 Å². The van der Waals surface area contributed by atoms with Crippen LogP contribution in [0.3, 0.4) is 0 Å². The van der Waals surface area contributed by atoms with Crippen molar-refractivity contribution in [3.8, 4) is 67.3 Å². The van der Waals surface area contributed by atoms with Crippen LogP contribution in [0.25, 0.3) is 67.3 Å². The van der Waals surface area contributed by atoms with E-state index in [0.717, 1.165) is 84.9 Å². The Hall–Kier alpha value is -6.86. The van der Waals surface area contributed by atoms with E-state index >= 15 is 0 Å². The number of halogens is 18. The van der Waals surface area contributed by atoms with E-state index in [0.29, 0.717) is 36.4 Å². The number of nitrogens with zero attached hydrogens (tertiary/aromatic N) is 2. The minimum atomic E-state index is -5.31. The smallest absolute Gasteiger partial charge is 0.248 e. The highest BCUT2D eigenvalue weighted by molar-refractivity contribution is 5.95. The van der Waals surface area contributed by atoms with Gasteiger partial charge in [0.05, 0.1) is 56.2 Å². The Kier molecular flexibility index (Phi) is 11.8. The molecule has 2 heterocycles. The summed E-state index contributed by atoms with van der Waals surface area (Å²) in [6.45, 7) is 0. The minimum Gasteiger partial charge on any atom is -0.248 e. The summed E-state index contributed by atoms with van der Waals surface area (Å²) >= 11 is 0. The normalized spacial score (nSPS) is 13.0. The number of aromatic nitrogens is 2. The van der Waals surface area contributed by atoms with Gasteiger partial charge in [-0.05, 0) is 107 Å². The summed E-state index contributed by atoms with van der Waals surface area (Å²) in [4.78, 5) is 8.44. The topological polar surface area (TPSA) is 25.8 Å². The molecule has 0 aliphatic carbocycles. The van der Waals surface area contributed by atoms with E-state index in [2.05, 4.69) is 9.97 Å². The first-order valence-electron chi connectivity index (χ1n) is 18.6. The average Bonchev–Trinajstić information content (AvgIpc) is 3.24. The zero-order valence-electron chi connectivity index (χ0n) is 32.4. The predicted octanol–water partition coefficient (Wildman–Crippen LogP) is 16.6. The van der Waals surface area contributed by atoms with Crippen molar-refractivity contribution >= 4 is 0 Å². The van der Waals surface area contributed by atoms with Gasteiger partial charge in [-0.15, -0.1) is 0 Å². The van der Waals surface area contributed by atoms with Crippen molar-refractivity contribution in [1.82, 2.24) is 9.97 Å². The molecule has 0 fully saturated rings. The van der Waals surface area contributed by atoms with Crippen LogP contribution in [-0.2, 0) is 37.1 Å². The second kappa shape index (κ2) is 16.5. The average molecular weight is 945 g/mol. The van der Waals surface area contributed by atoms with Crippen LogP contribution < -0.4 is 0 Å². The van der Waals surface area contributed by atoms with Crippen LogP contribution >= 0.6 is 0 Å². The second-order valence-corrected chi connectivity index (χ2v) is 14.4. The maximum Gasteiger partial charge on any atom is 0.417 e. The summed E-state index contributed by atoms with van der Waals surface area (Å²) < 4.78 is 255. The lowest BCUT2D eigenvalue weighted by atomic mass is 9.85. The third kappa shape index (κ3) is 9.86. The van der Waals surface area contributed by atoms with Gasteiger partial charge in [0.25, 0.3) is 0 Å². The summed E-state index contributed by atoms with van der Waals surface area (Å²) in [5, 5.41) is 0. The Morgan fingerprint density at radius 3 is 0.818 bits per heavy atom. The van der Waals surface area contributed by atoms with Crippen molar-refractivity contribution in [3.05, 3.63) is 167 Å². The molecule has 7 aromatic rings. The molecule has 2 nitrogen and oxygen atoms in total. The molecule has 0 radical (unpaired) electrons. The van der Waals surface area contributed by atoms with Crippen molar-refractivity contribution in [2.75, 3.05) is 0 Å². The molecule has 0 unspecified atom stereocenters. The molecule has 7 rings (SSSR count). The molecule has 0 N–H and O–H groups in total. The van der Waals surface area contributed by atoms with Crippen LogP contribution in [0.15, 0.2) is 133 Å². The molecule has 0 aliphatic rings. The lowest BCUT2D eigenvalue weighted by molar-refractivity contribution is -0.144. The van der Waals surface area contributed by atoms with E-state index in [1.165, 1.54) is 0 Å². The number of rotatable bonds is 6. The summed E-state index contributed by atoms with van der Waals surface area (Å²) in [6, 6.07) is 16.4. The molecular weight excluding hydrogens is 922 g/mol. The van der Waals surface area contributed by atoms with Crippen LogP contribution in [0, 0.1) is 0 Å². The van der Waals surface area contributed by atoms with Gasteiger partial charge in [0.2, 0.25) is 0 Å². The Balaban J connectivity index is 1.58. The molecule has 0 atom stereocenters. The van der Waals surface area contributed by atoms with Gasteiger partial charge in [-0.2, -0.15) is 79.0 Å². The molecule has 0 spiro atoms. The number of hydrogen-bond donors (Lipinski definition) is 0. The van der Waals surface area contributed by atoms with E-state index in [-0.39, 0.29) is 12.1 Å². The highest BCUT2D eigenvalue weighted by Crippen LogP contribution is 2.49. The van der Waals surface area contributed by atoms with Crippen molar-refractivity contribution in [1.29, 1.82) is 0 Å². The van der Waals surface area contributed by atoms with E-state index < -0.39 is 138 Å². The van der Waals surface area contributed by atoms with Gasteiger partial charge >= 0.3 is 37.1 Å². The first-order chi connectivity index (χ1) is 30.5. The SMILES string of the molecule is FC(F)(F)c1cc(-c2cccc(-c3cc(-c4ccccc4C(F)(F)F)c(-c4cccc(-c5cc(C(F)(F)F)cc(C(F)(F)F)c5)n4)cc3-c3ccccc3C(F)(F)F)n2)cc(C(F)(F)F)c1. The number of pyridine rings is 2. The van der Waals surface area contributed by atoms with Gasteiger partial charge in [0, 0.05) is 22.3 Å². The molecular formula is C46H22F18N2. The van der Waals surface area contributed by atoms with Gasteiger partial charge in [0.15, 0.2) is 0 Å². The molecule has 0 aliphatic heterocycles. The van der Waals surface area contributed by atoms with Crippen LogP contribution in [0.5, 0.6) is 0 Å². The predicted molar refractivity (Wildman–Crippen MR) is 205 cm³/mol. The Bertz CT molecular complexity index is 2690. The minimum absolute atomic E-state index is 0.159. The number of hydrogen-bond acceptors (Lipinski definition) is 2. The maximum atomic E-state index is 14.8. The van der Waals surface area contributed by atoms with Crippen molar-refractivity contribution < 1.29 is 79.0 Å². The van der Waals surface area contributed by atoms with Gasteiger partial charge in [-0.1, -0.05) is 48.5 Å². The molecule has 20 heteroatoms. The fraction of sp³-hybridized carbons (Fsp3) is 0.130. The zero-order chi connectivity index (χ0) is 48.4. The standard InChI is InChI=1S/C46H22F18N2/c47-41(48,49)25-15-23(16-26(19-25)42(50,51)52)37-11-5-13-39(65-37)33-22-32(30-8-2-4-10-36(30)46(62,63)64)34(21-31(33)29-7-1-3-9-35(29)45(59,60)61)40-14-6-12-38(66-40)24-17-27(43(53,54)55)20-28(18-24)44(56,57)58/h1-22H. The summed E-state index contributed by atoms with van der Waals surface area (Å²) in [5.74, 6) is 0. The molecule has 5 aromatic carbocycles. The highest BCUT2D eigenvalue weighted by Gasteiger charge is 2.40. The quantitative estimate of drug-likeness (QED) is 0.155. The Morgan fingerprint density at radius 1 is 0.242 bits per heavy atom. The molecule has 2 aromatic heterocycles. The first kappa shape index (κ1) is 47.1. The lowest BCUT2D eigenvalue weighted by Crippen LogP contribution is -2.11. The summed E-state index contributed by atoms with van der Waals surface area (Å²) in [5.41, 5.74) is -16.7. The van der Waals surface area contributed by atoms with Crippen molar-refractivity contribution in [2.24, 2.45) is 0 Å². The lowest BCUT2D eigenvalue weighted by Gasteiger charge is -2.22. The second-order valence-electron chi connectivity index (χ2n) is 14.4. The molecule has 66 heavy (non-hydrogen) atoms. The van der Waals surface area contributed by atoms with Gasteiger partial charge in [0.1, 0.15) is 0 Å². The molecule has 342 valence electrons. The first-order valence-corrected chi connectivity index (χ1v) is 18.6. The zero-order valence-corrected chi connectivity index (χ0v) is 32.4. The van der Waals surface area contributed by atoms with E-state index in [4.69, 9.17) is 0 Å². The third-order valence-corrected chi connectivity index (χ3v) is 10.0. The van der Waals surface area contributed by atoms with Gasteiger partial charge in [-0.3, -0.25) is 0 Å². The van der Waals surface area contributed by atoms with Gasteiger partial charge < -0.3 is 0 Å². The van der Waals surface area contributed by atoms with E-state index in [1.807, 2.05) is 0 Å². The molecule has 0 bridgehead atoms. The number of alkyl halides is 18. The monoisotopic (exact) mass is 944 g/mol. The molecule has 0 saturated heterocycles. The van der Waals surface area contributed by atoms with E-state index in [1.54, 1.807) is 0 Å². The maximum absolute atomic E-state index is 14.8. The van der Waals surface area contributed by atoms with Gasteiger partial charge in [-0.25, -0.2) is 9.97 Å². The van der Waals surface area contributed by atoms with Crippen LogP contribution in [0.1, 0.15) is 33.4 Å². The van der Waals surface area contributed by atoms with E-state index in [9.17, 15) is 79.0 Å².